The van der Waals surface area contributed by atoms with Gasteiger partial charge < -0.3 is 9.64 Å². The molecule has 0 aromatic carbocycles. The van der Waals surface area contributed by atoms with Gasteiger partial charge in [0.25, 0.3) is 0 Å². The van der Waals surface area contributed by atoms with Crippen LogP contribution in [0.5, 0.6) is 0 Å². The smallest absolute Gasteiger partial charge is 0.345 e. The zero-order valence-corrected chi connectivity index (χ0v) is 11.9. The van der Waals surface area contributed by atoms with Gasteiger partial charge in [0.15, 0.2) is 0 Å². The van der Waals surface area contributed by atoms with Gasteiger partial charge in [0.05, 0.1) is 19.3 Å². The van der Waals surface area contributed by atoms with Crippen molar-refractivity contribution >= 4 is 12.0 Å². The molecule has 0 aliphatic carbocycles. The molecule has 2 aliphatic rings. The van der Waals surface area contributed by atoms with Gasteiger partial charge in [0.2, 0.25) is 0 Å². The van der Waals surface area contributed by atoms with Crippen molar-refractivity contribution in [3.63, 3.8) is 0 Å². The number of nitrogens with zero attached hydrogens (tertiary/aromatic N) is 2. The first-order valence-corrected chi connectivity index (χ1v) is 7.19. The molecule has 0 N–H and O–H groups in total. The van der Waals surface area contributed by atoms with E-state index in [1.54, 1.807) is 11.0 Å². The summed E-state index contributed by atoms with van der Waals surface area (Å²) in [6.07, 6.45) is 4.82. The molecule has 2 fully saturated rings. The van der Waals surface area contributed by atoms with Gasteiger partial charge in [-0.25, -0.2) is 9.59 Å². The van der Waals surface area contributed by atoms with Gasteiger partial charge in [-0.1, -0.05) is 19.4 Å². The van der Waals surface area contributed by atoms with Crippen molar-refractivity contribution in [2.75, 3.05) is 19.8 Å². The third-order valence-corrected chi connectivity index (χ3v) is 3.67. The minimum Gasteiger partial charge on any atom is -0.464 e. The van der Waals surface area contributed by atoms with Crippen LogP contribution in [-0.2, 0) is 14.4 Å². The number of hydroxylamine groups is 2. The second kappa shape index (κ2) is 6.74. The summed E-state index contributed by atoms with van der Waals surface area (Å²) in [4.78, 5) is 31.2. The molecule has 6 nitrogen and oxygen atoms in total. The fourth-order valence-corrected chi connectivity index (χ4v) is 2.59. The molecule has 0 unspecified atom stereocenters. The number of unbranched alkanes of at least 4 members (excludes halogenated alkanes) is 1. The first kappa shape index (κ1) is 14.8. The van der Waals surface area contributed by atoms with Crippen LogP contribution < -0.4 is 0 Å². The minimum atomic E-state index is -0.465. The molecule has 2 bridgehead atoms. The van der Waals surface area contributed by atoms with Crippen molar-refractivity contribution in [1.82, 2.24) is 9.96 Å². The molecule has 2 saturated heterocycles. The number of ether oxygens (including phenoxy) is 1. The Hall–Kier alpha value is -1.56. The Bertz CT molecular complexity index is 385. The molecule has 2 heterocycles. The Kier molecular flexibility index (Phi) is 5.00. The van der Waals surface area contributed by atoms with E-state index in [-0.39, 0.29) is 18.0 Å². The number of carbonyl (C=O) groups excluding carboxylic acids is 2. The van der Waals surface area contributed by atoms with E-state index in [9.17, 15) is 9.59 Å². The van der Waals surface area contributed by atoms with Crippen LogP contribution in [-0.4, -0.2) is 53.8 Å². The number of carbonyl (C=O) groups is 2. The number of hydrogen-bond donors (Lipinski definition) is 0. The molecule has 2 rings (SSSR count). The van der Waals surface area contributed by atoms with Crippen LogP contribution in [0.3, 0.4) is 0 Å². The molecule has 20 heavy (non-hydrogen) atoms. The molecular formula is C14H22N2O4. The highest BCUT2D eigenvalue weighted by Gasteiger charge is 2.48. The Morgan fingerprint density at radius 3 is 3.00 bits per heavy atom. The predicted molar refractivity (Wildman–Crippen MR) is 72.8 cm³/mol. The zero-order valence-electron chi connectivity index (χ0n) is 11.9. The molecule has 0 aromatic heterocycles. The Morgan fingerprint density at radius 2 is 2.30 bits per heavy atom. The largest absolute Gasteiger partial charge is 0.464 e. The van der Waals surface area contributed by atoms with Gasteiger partial charge in [-0.15, -0.1) is 6.58 Å². The molecule has 112 valence electrons. The van der Waals surface area contributed by atoms with Crippen molar-refractivity contribution in [2.24, 2.45) is 0 Å². The van der Waals surface area contributed by atoms with E-state index in [1.807, 2.05) is 6.92 Å². The average molecular weight is 282 g/mol. The Morgan fingerprint density at radius 1 is 1.50 bits per heavy atom. The summed E-state index contributed by atoms with van der Waals surface area (Å²) in [6.45, 7) is 6.86. The second-order valence-corrected chi connectivity index (χ2v) is 5.11. The lowest BCUT2D eigenvalue weighted by atomic mass is 10.0. The number of piperidine rings is 1. The van der Waals surface area contributed by atoms with Crippen LogP contribution >= 0.6 is 0 Å². The summed E-state index contributed by atoms with van der Waals surface area (Å²) < 4.78 is 5.23. The van der Waals surface area contributed by atoms with E-state index in [0.29, 0.717) is 26.2 Å². The molecule has 2 atom stereocenters. The molecule has 0 radical (unpaired) electrons. The summed E-state index contributed by atoms with van der Waals surface area (Å²) in [5, 5.41) is 1.38. The number of hydrogen-bond acceptors (Lipinski definition) is 4. The van der Waals surface area contributed by atoms with Crippen LogP contribution in [0.25, 0.3) is 0 Å². The summed E-state index contributed by atoms with van der Waals surface area (Å²) in [5.74, 6) is -0.296. The molecule has 0 spiro atoms. The number of urea groups is 1. The predicted octanol–water partition coefficient (Wildman–Crippen LogP) is 1.72. The SMILES string of the molecule is C=CCON1C(=O)N2C[C@@H]1CC[C@H]2C(=O)OCCCC. The second-order valence-electron chi connectivity index (χ2n) is 5.11. The van der Waals surface area contributed by atoms with Crippen LogP contribution in [0.15, 0.2) is 12.7 Å². The summed E-state index contributed by atoms with van der Waals surface area (Å²) >= 11 is 0. The first-order valence-electron chi connectivity index (χ1n) is 7.19. The van der Waals surface area contributed by atoms with Gasteiger partial charge in [-0.2, -0.15) is 5.06 Å². The fraction of sp³-hybridized carbons (Fsp3) is 0.714. The summed E-state index contributed by atoms with van der Waals surface area (Å²) in [7, 11) is 0. The van der Waals surface area contributed by atoms with Gasteiger partial charge >= 0.3 is 12.0 Å². The lowest BCUT2D eigenvalue weighted by Crippen LogP contribution is -2.45. The molecule has 0 aromatic rings. The lowest BCUT2D eigenvalue weighted by Gasteiger charge is -2.28. The molecular weight excluding hydrogens is 260 g/mol. The standard InChI is InChI=1S/C14H22N2O4/c1-3-5-9-19-13(17)12-7-6-11-10-15(12)14(18)16(11)20-8-4-2/h4,11-12H,2-3,5-10H2,1H3/t11-,12-/m0/s1. The van der Waals surface area contributed by atoms with Gasteiger partial charge in [-0.3, -0.25) is 4.84 Å². The fourth-order valence-electron chi connectivity index (χ4n) is 2.59. The molecule has 6 heteroatoms. The molecule has 2 aliphatic heterocycles. The number of fused-ring (bicyclic) bond motifs is 2. The first-order chi connectivity index (χ1) is 9.69. The highest BCUT2D eigenvalue weighted by molar-refractivity contribution is 5.85. The van der Waals surface area contributed by atoms with Crippen molar-refractivity contribution in [1.29, 1.82) is 0 Å². The highest BCUT2D eigenvalue weighted by atomic mass is 16.7. The quantitative estimate of drug-likeness (QED) is 0.405. The topological polar surface area (TPSA) is 59.1 Å². The van der Waals surface area contributed by atoms with E-state index in [4.69, 9.17) is 9.57 Å². The van der Waals surface area contributed by atoms with Crippen molar-refractivity contribution in [2.45, 2.75) is 44.7 Å². The normalized spacial score (nSPS) is 24.9. The van der Waals surface area contributed by atoms with Crippen LogP contribution in [0, 0.1) is 0 Å². The third kappa shape index (κ3) is 2.95. The summed E-state index contributed by atoms with van der Waals surface area (Å²) in [5.41, 5.74) is 0. The maximum atomic E-state index is 12.2. The monoisotopic (exact) mass is 282 g/mol. The van der Waals surface area contributed by atoms with E-state index < -0.39 is 6.04 Å². The van der Waals surface area contributed by atoms with Gasteiger partial charge in [0.1, 0.15) is 6.04 Å². The summed E-state index contributed by atoms with van der Waals surface area (Å²) in [6, 6.07) is -0.679. The van der Waals surface area contributed by atoms with Gasteiger partial charge in [-0.05, 0) is 19.3 Å². The van der Waals surface area contributed by atoms with E-state index in [1.165, 1.54) is 5.06 Å². The van der Waals surface area contributed by atoms with Gasteiger partial charge in [0, 0.05) is 6.54 Å². The third-order valence-electron chi connectivity index (χ3n) is 3.67. The average Bonchev–Trinajstić information content (AvgIpc) is 2.69. The maximum absolute atomic E-state index is 12.2. The molecule has 0 saturated carbocycles. The minimum absolute atomic E-state index is 0.0298. The number of rotatable bonds is 7. The molecule has 2 amide bonds. The van der Waals surface area contributed by atoms with Crippen molar-refractivity contribution < 1.29 is 19.2 Å². The maximum Gasteiger partial charge on any atom is 0.345 e. The van der Waals surface area contributed by atoms with E-state index in [2.05, 4.69) is 6.58 Å². The Labute approximate surface area is 119 Å². The lowest BCUT2D eigenvalue weighted by molar-refractivity contribution is -0.149. The number of esters is 1. The van der Waals surface area contributed by atoms with Crippen molar-refractivity contribution in [3.8, 4) is 0 Å². The van der Waals surface area contributed by atoms with E-state index in [0.717, 1.165) is 19.3 Å². The van der Waals surface area contributed by atoms with Crippen molar-refractivity contribution in [3.05, 3.63) is 12.7 Å². The van der Waals surface area contributed by atoms with Crippen LogP contribution in [0.1, 0.15) is 32.6 Å². The Balaban J connectivity index is 1.94. The van der Waals surface area contributed by atoms with Crippen LogP contribution in [0.4, 0.5) is 4.79 Å². The van der Waals surface area contributed by atoms with E-state index >= 15 is 0 Å². The number of amides is 2. The zero-order chi connectivity index (χ0) is 14.5. The highest BCUT2D eigenvalue weighted by Crippen LogP contribution is 2.30. The van der Waals surface area contributed by atoms with Crippen LogP contribution in [0.2, 0.25) is 0 Å².